The zero-order valence-corrected chi connectivity index (χ0v) is 19.7. The highest BCUT2D eigenvalue weighted by molar-refractivity contribution is 7.99. The van der Waals surface area contributed by atoms with Crippen molar-refractivity contribution >= 4 is 29.6 Å². The molecule has 7 nitrogen and oxygen atoms in total. The van der Waals surface area contributed by atoms with Crippen LogP contribution >= 0.6 is 11.8 Å². The predicted molar refractivity (Wildman–Crippen MR) is 125 cm³/mol. The molecular weight excluding hydrogens is 428 g/mol. The van der Waals surface area contributed by atoms with Gasteiger partial charge in [-0.05, 0) is 68.4 Å². The molecule has 2 N–H and O–H groups in total. The minimum atomic E-state index is -0.951. The van der Waals surface area contributed by atoms with Gasteiger partial charge >= 0.3 is 11.9 Å². The number of nitrogens with zero attached hydrogens (tertiary/aromatic N) is 1. The van der Waals surface area contributed by atoms with Gasteiger partial charge in [-0.3, -0.25) is 14.9 Å². The molecule has 8 heteroatoms. The lowest BCUT2D eigenvalue weighted by Gasteiger charge is -2.44. The first-order chi connectivity index (χ1) is 15.3. The van der Waals surface area contributed by atoms with E-state index in [1.807, 2.05) is 42.1 Å². The summed E-state index contributed by atoms with van der Waals surface area (Å²) in [5, 5.41) is 13.0. The smallest absolute Gasteiger partial charge is 0.326 e. The van der Waals surface area contributed by atoms with Crippen LogP contribution in [0.15, 0.2) is 30.3 Å². The van der Waals surface area contributed by atoms with Gasteiger partial charge in [-0.15, -0.1) is 0 Å². The number of hydrogen-bond acceptors (Lipinski definition) is 6. The SMILES string of the molecule is CCOC(=O)C(CCc1ccccc1)N[C@@H](C)C(=O)N1CCC2(CCSC2)C[C@H]1C(=O)O. The lowest BCUT2D eigenvalue weighted by atomic mass is 9.75. The van der Waals surface area contributed by atoms with E-state index in [9.17, 15) is 19.5 Å². The van der Waals surface area contributed by atoms with E-state index in [2.05, 4.69) is 5.32 Å². The number of piperidine rings is 1. The highest BCUT2D eigenvalue weighted by Gasteiger charge is 2.46. The number of ether oxygens (including phenoxy) is 1. The molecule has 0 saturated carbocycles. The van der Waals surface area contributed by atoms with Crippen LogP contribution in [0.1, 0.15) is 45.1 Å². The molecule has 2 fully saturated rings. The van der Waals surface area contributed by atoms with E-state index in [0.29, 0.717) is 25.8 Å². The Morgan fingerprint density at radius 2 is 2.03 bits per heavy atom. The number of carboxylic acid groups (broad SMARTS) is 1. The van der Waals surface area contributed by atoms with Crippen LogP contribution in [-0.2, 0) is 25.5 Å². The van der Waals surface area contributed by atoms with Crippen molar-refractivity contribution in [3.05, 3.63) is 35.9 Å². The molecule has 2 aliphatic heterocycles. The second kappa shape index (κ2) is 11.2. The number of carbonyl (C=O) groups is 3. The largest absolute Gasteiger partial charge is 0.480 e. The minimum Gasteiger partial charge on any atom is -0.480 e. The molecule has 2 aliphatic rings. The minimum absolute atomic E-state index is 0.0321. The molecule has 4 atom stereocenters. The Labute approximate surface area is 194 Å². The topological polar surface area (TPSA) is 95.9 Å². The Hall–Kier alpha value is -2.06. The molecular formula is C24H34N2O5S. The number of aryl methyl sites for hydroxylation is 1. The maximum Gasteiger partial charge on any atom is 0.326 e. The van der Waals surface area contributed by atoms with Crippen LogP contribution in [0.2, 0.25) is 0 Å². The second-order valence-corrected chi connectivity index (χ2v) is 9.96. The summed E-state index contributed by atoms with van der Waals surface area (Å²) < 4.78 is 5.22. The average Bonchev–Trinajstić information content (AvgIpc) is 3.24. The highest BCUT2D eigenvalue weighted by Crippen LogP contribution is 2.46. The average molecular weight is 463 g/mol. The Bertz CT molecular complexity index is 797. The fraction of sp³-hybridized carbons (Fsp3) is 0.625. The molecule has 2 saturated heterocycles. The van der Waals surface area contributed by atoms with Gasteiger partial charge in [0, 0.05) is 6.54 Å². The van der Waals surface area contributed by atoms with Gasteiger partial charge in [0.05, 0.1) is 12.6 Å². The van der Waals surface area contributed by atoms with Gasteiger partial charge in [-0.25, -0.2) is 4.79 Å². The van der Waals surface area contributed by atoms with Gasteiger partial charge < -0.3 is 14.7 Å². The monoisotopic (exact) mass is 462 g/mol. The Morgan fingerprint density at radius 1 is 1.28 bits per heavy atom. The van der Waals surface area contributed by atoms with E-state index in [1.54, 1.807) is 13.8 Å². The molecule has 1 amide bonds. The van der Waals surface area contributed by atoms with Crippen molar-refractivity contribution in [3.8, 4) is 0 Å². The van der Waals surface area contributed by atoms with Crippen molar-refractivity contribution in [3.63, 3.8) is 0 Å². The molecule has 1 spiro atoms. The molecule has 0 bridgehead atoms. The number of carbonyl (C=O) groups excluding carboxylic acids is 2. The summed E-state index contributed by atoms with van der Waals surface area (Å²) in [6.07, 6.45) is 3.51. The van der Waals surface area contributed by atoms with Crippen LogP contribution < -0.4 is 5.32 Å². The molecule has 0 aromatic heterocycles. The highest BCUT2D eigenvalue weighted by atomic mass is 32.2. The van der Waals surface area contributed by atoms with Crippen LogP contribution in [0.5, 0.6) is 0 Å². The van der Waals surface area contributed by atoms with E-state index in [0.717, 1.165) is 29.9 Å². The molecule has 176 valence electrons. The zero-order valence-electron chi connectivity index (χ0n) is 18.9. The van der Waals surface area contributed by atoms with Crippen molar-refractivity contribution in [1.82, 2.24) is 10.2 Å². The lowest BCUT2D eigenvalue weighted by Crippen LogP contribution is -2.58. The number of rotatable bonds is 9. The molecule has 1 aromatic rings. The van der Waals surface area contributed by atoms with Crippen molar-refractivity contribution in [2.45, 2.75) is 64.1 Å². The zero-order chi connectivity index (χ0) is 23.1. The van der Waals surface area contributed by atoms with Gasteiger partial charge in [-0.1, -0.05) is 30.3 Å². The first-order valence-corrected chi connectivity index (χ1v) is 12.6. The lowest BCUT2D eigenvalue weighted by molar-refractivity contribution is -0.156. The standard InChI is InChI=1S/C24H34N2O5S/c1-3-31-23(30)19(10-9-18-7-5-4-6-8-18)25-17(2)21(27)26-13-11-24(12-14-32-16-24)15-20(26)22(28)29/h4-8,17,19-20,25H,3,9-16H2,1-2H3,(H,28,29)/t17-,19?,20-,24?/m0/s1. The fourth-order valence-electron chi connectivity index (χ4n) is 4.72. The maximum atomic E-state index is 13.2. The summed E-state index contributed by atoms with van der Waals surface area (Å²) in [6.45, 7) is 4.16. The third-order valence-electron chi connectivity index (χ3n) is 6.60. The molecule has 32 heavy (non-hydrogen) atoms. The number of benzene rings is 1. The number of carboxylic acids is 1. The number of likely N-dealkylation sites (tertiary alicyclic amines) is 1. The van der Waals surface area contributed by atoms with Crippen molar-refractivity contribution < 1.29 is 24.2 Å². The summed E-state index contributed by atoms with van der Waals surface area (Å²) >= 11 is 1.87. The van der Waals surface area contributed by atoms with Crippen molar-refractivity contribution in [1.29, 1.82) is 0 Å². The number of nitrogens with one attached hydrogen (secondary N) is 1. The van der Waals surface area contributed by atoms with Crippen LogP contribution in [0, 0.1) is 5.41 Å². The third-order valence-corrected chi connectivity index (χ3v) is 7.91. The Balaban J connectivity index is 1.65. The number of thioether (sulfide) groups is 1. The fourth-order valence-corrected chi connectivity index (χ4v) is 6.28. The molecule has 0 radical (unpaired) electrons. The number of aliphatic carboxylic acids is 1. The van der Waals surface area contributed by atoms with E-state index in [4.69, 9.17) is 4.74 Å². The van der Waals surface area contributed by atoms with E-state index < -0.39 is 30.1 Å². The number of amides is 1. The summed E-state index contributed by atoms with van der Waals surface area (Å²) in [4.78, 5) is 39.3. The second-order valence-electron chi connectivity index (χ2n) is 8.86. The molecule has 3 rings (SSSR count). The summed E-state index contributed by atoms with van der Waals surface area (Å²) in [5.74, 6) is 0.413. The van der Waals surface area contributed by atoms with Crippen molar-refractivity contribution in [2.75, 3.05) is 24.7 Å². The van der Waals surface area contributed by atoms with E-state index >= 15 is 0 Å². The predicted octanol–water partition coefficient (Wildman–Crippen LogP) is 2.73. The van der Waals surface area contributed by atoms with Gasteiger partial charge in [0.2, 0.25) is 5.91 Å². The molecule has 2 heterocycles. The Morgan fingerprint density at radius 3 is 2.66 bits per heavy atom. The van der Waals surface area contributed by atoms with Gasteiger partial charge in [-0.2, -0.15) is 11.8 Å². The normalized spacial score (nSPS) is 24.8. The maximum absolute atomic E-state index is 13.2. The van der Waals surface area contributed by atoms with E-state index in [-0.39, 0.29) is 17.9 Å². The molecule has 2 unspecified atom stereocenters. The van der Waals surface area contributed by atoms with Crippen LogP contribution in [0.25, 0.3) is 0 Å². The van der Waals surface area contributed by atoms with Gasteiger partial charge in [0.25, 0.3) is 0 Å². The van der Waals surface area contributed by atoms with Crippen LogP contribution in [0.3, 0.4) is 0 Å². The van der Waals surface area contributed by atoms with E-state index in [1.165, 1.54) is 4.90 Å². The van der Waals surface area contributed by atoms with Crippen LogP contribution in [-0.4, -0.2) is 70.6 Å². The van der Waals surface area contributed by atoms with Gasteiger partial charge in [0.15, 0.2) is 0 Å². The third kappa shape index (κ3) is 6.04. The Kier molecular flexibility index (Phi) is 8.59. The van der Waals surface area contributed by atoms with Gasteiger partial charge in [0.1, 0.15) is 12.1 Å². The quantitative estimate of drug-likeness (QED) is 0.545. The molecule has 0 aliphatic carbocycles. The summed E-state index contributed by atoms with van der Waals surface area (Å²) in [7, 11) is 0. The van der Waals surface area contributed by atoms with Crippen LogP contribution in [0.4, 0.5) is 0 Å². The first-order valence-electron chi connectivity index (χ1n) is 11.4. The summed E-state index contributed by atoms with van der Waals surface area (Å²) in [6, 6.07) is 7.70. The molecule has 1 aromatic carbocycles. The number of hydrogen-bond donors (Lipinski definition) is 2. The first kappa shape index (κ1) is 24.6. The summed E-state index contributed by atoms with van der Waals surface area (Å²) in [5.41, 5.74) is 1.13. The number of esters is 1. The van der Waals surface area contributed by atoms with Crippen molar-refractivity contribution in [2.24, 2.45) is 5.41 Å².